The zero-order valence-corrected chi connectivity index (χ0v) is 37.9. The fraction of sp³-hybridized carbons (Fsp3) is 0.488. The third kappa shape index (κ3) is 18.8. The van der Waals surface area contributed by atoms with Crippen LogP contribution in [0.15, 0.2) is 48.8 Å². The molecule has 0 spiro atoms. The number of hydrogen-bond donors (Lipinski definition) is 6. The van der Waals surface area contributed by atoms with E-state index in [1.165, 1.54) is 12.1 Å². The molecule has 3 heterocycles. The number of ether oxygens (including phenoxy) is 2. The van der Waals surface area contributed by atoms with Crippen LogP contribution >= 0.6 is 34.8 Å². The molecule has 1 saturated heterocycles. The van der Waals surface area contributed by atoms with Gasteiger partial charge in [-0.2, -0.15) is 0 Å². The Bertz CT molecular complexity index is 1920. The molecule has 1 aliphatic heterocycles. The summed E-state index contributed by atoms with van der Waals surface area (Å²) < 4.78 is 10.8. The van der Waals surface area contributed by atoms with E-state index in [2.05, 4.69) is 36.6 Å². The number of anilines is 1. The fourth-order valence-corrected chi connectivity index (χ4v) is 7.31. The highest BCUT2D eigenvalue weighted by Gasteiger charge is 2.29. The number of aldehydes is 1. The molecule has 0 radical (unpaired) electrons. The van der Waals surface area contributed by atoms with Gasteiger partial charge >= 0.3 is 0 Å². The van der Waals surface area contributed by atoms with Gasteiger partial charge in [0.2, 0.25) is 24.1 Å². The lowest BCUT2D eigenvalue weighted by Crippen LogP contribution is -2.42. The fourth-order valence-electron chi connectivity index (χ4n) is 6.61. The first-order valence-corrected chi connectivity index (χ1v) is 21.9. The van der Waals surface area contributed by atoms with E-state index in [4.69, 9.17) is 50.0 Å². The molecule has 1 unspecified atom stereocenters. The third-order valence-electron chi connectivity index (χ3n) is 10.0. The van der Waals surface area contributed by atoms with Crippen LogP contribution in [0.3, 0.4) is 0 Å². The standard InChI is InChI=1S/C29H39Cl3N6O5.C10H12N2O.C4H7NO2/c1-34-11-13-43-15-14-42-12-8-25(39)37-20-4-2-18(3-5-20)28(40)35-9-10-36-29(41)24-7-6-21(27(33)38-24)22-16-19(30)17-23(31)26(22)32;1-12-9(4-5-10(12)13)8-3-2-6-11-7-8;6-3-1-2-5-4-7/h6-7,16-18,20,34H,2-5,8-15H2,1H3,(H2,33,38)(H,35,40)(H,36,41)(H,37,39);2-3,6-7,9H,4-5H2,1H3;3-4H,1-2H2,(H,5,7). The molecule has 17 nitrogen and oxygen atoms in total. The zero-order chi connectivity index (χ0) is 46.0. The number of nitrogen functional groups attached to an aromatic ring is 1. The van der Waals surface area contributed by atoms with Crippen molar-refractivity contribution < 1.29 is 38.2 Å². The Morgan fingerprint density at radius 3 is 2.27 bits per heavy atom. The van der Waals surface area contributed by atoms with Gasteiger partial charge in [0.15, 0.2) is 0 Å². The van der Waals surface area contributed by atoms with Crippen LogP contribution in [0.2, 0.25) is 15.1 Å². The minimum Gasteiger partial charge on any atom is -0.383 e. The molecule has 7 N–H and O–H groups in total. The van der Waals surface area contributed by atoms with E-state index in [-0.39, 0.29) is 70.4 Å². The summed E-state index contributed by atoms with van der Waals surface area (Å²) in [7, 11) is 3.72. The number of pyridine rings is 2. The summed E-state index contributed by atoms with van der Waals surface area (Å²) in [6.07, 6.45) is 10.0. The molecule has 1 atom stereocenters. The first-order valence-electron chi connectivity index (χ1n) is 20.7. The molecule has 344 valence electrons. The topological polar surface area (TPSA) is 236 Å². The van der Waals surface area contributed by atoms with E-state index >= 15 is 0 Å². The summed E-state index contributed by atoms with van der Waals surface area (Å²) in [6.45, 7) is 3.65. The van der Waals surface area contributed by atoms with Crippen LogP contribution in [-0.2, 0) is 33.4 Å². The maximum Gasteiger partial charge on any atom is 0.270 e. The maximum absolute atomic E-state index is 12.6. The molecule has 1 saturated carbocycles. The molecule has 5 amide bonds. The highest BCUT2D eigenvalue weighted by atomic mass is 35.5. The highest BCUT2D eigenvalue weighted by molar-refractivity contribution is 6.45. The number of amides is 5. The third-order valence-corrected chi connectivity index (χ3v) is 11.0. The van der Waals surface area contributed by atoms with Crippen molar-refractivity contribution in [3.63, 3.8) is 0 Å². The Balaban J connectivity index is 0.000000429. The molecule has 1 aromatic carbocycles. The van der Waals surface area contributed by atoms with Crippen LogP contribution in [0.25, 0.3) is 11.1 Å². The molecule has 2 fully saturated rings. The van der Waals surface area contributed by atoms with Gasteiger partial charge in [0, 0.05) is 93.0 Å². The predicted molar refractivity (Wildman–Crippen MR) is 242 cm³/mol. The molecule has 2 aliphatic rings. The van der Waals surface area contributed by atoms with Gasteiger partial charge < -0.3 is 51.5 Å². The maximum atomic E-state index is 12.6. The molecule has 3 aromatic rings. The molecule has 20 heteroatoms. The van der Waals surface area contributed by atoms with E-state index in [0.717, 1.165) is 37.7 Å². The smallest absolute Gasteiger partial charge is 0.270 e. The molecule has 1 aliphatic carbocycles. The molecular formula is C43H58Cl3N9O8. The Morgan fingerprint density at radius 1 is 0.905 bits per heavy atom. The number of benzene rings is 1. The lowest BCUT2D eigenvalue weighted by Gasteiger charge is -2.28. The van der Waals surface area contributed by atoms with Gasteiger partial charge in [-0.1, -0.05) is 40.9 Å². The number of nitrogens with two attached hydrogens (primary N) is 1. The van der Waals surface area contributed by atoms with Crippen molar-refractivity contribution in [1.29, 1.82) is 0 Å². The molecule has 2 aromatic heterocycles. The monoisotopic (exact) mass is 933 g/mol. The zero-order valence-electron chi connectivity index (χ0n) is 35.6. The van der Waals surface area contributed by atoms with E-state index < -0.39 is 5.91 Å². The van der Waals surface area contributed by atoms with Crippen molar-refractivity contribution in [2.24, 2.45) is 5.92 Å². The first kappa shape index (κ1) is 52.4. The summed E-state index contributed by atoms with van der Waals surface area (Å²) in [6, 6.07) is 10.5. The lowest BCUT2D eigenvalue weighted by atomic mass is 9.85. The van der Waals surface area contributed by atoms with Crippen LogP contribution in [-0.4, -0.2) is 124 Å². The van der Waals surface area contributed by atoms with Gasteiger partial charge in [0.05, 0.1) is 42.5 Å². The van der Waals surface area contributed by atoms with Crippen molar-refractivity contribution in [3.05, 3.63) is 75.1 Å². The van der Waals surface area contributed by atoms with E-state index in [1.807, 2.05) is 32.4 Å². The number of nitrogens with one attached hydrogen (secondary N) is 5. The van der Waals surface area contributed by atoms with Crippen LogP contribution in [0.4, 0.5) is 5.82 Å². The summed E-state index contributed by atoms with van der Waals surface area (Å²) in [4.78, 5) is 77.7. The van der Waals surface area contributed by atoms with Crippen LogP contribution < -0.4 is 32.3 Å². The summed E-state index contributed by atoms with van der Waals surface area (Å²) >= 11 is 18.5. The van der Waals surface area contributed by atoms with Gasteiger partial charge in [0.1, 0.15) is 17.8 Å². The quantitative estimate of drug-likeness (QED) is 0.0502. The molecule has 0 bridgehead atoms. The Hall–Kier alpha value is -4.91. The van der Waals surface area contributed by atoms with Crippen molar-refractivity contribution in [2.45, 2.75) is 63.5 Å². The lowest BCUT2D eigenvalue weighted by molar-refractivity contribution is -0.128. The van der Waals surface area contributed by atoms with Gasteiger partial charge in [-0.3, -0.25) is 29.0 Å². The number of carbonyl (C=O) groups excluding carboxylic acids is 6. The summed E-state index contributed by atoms with van der Waals surface area (Å²) in [5.74, 6) is -0.342. The van der Waals surface area contributed by atoms with E-state index in [1.54, 1.807) is 23.2 Å². The van der Waals surface area contributed by atoms with Crippen molar-refractivity contribution >= 4 is 76.9 Å². The summed E-state index contributed by atoms with van der Waals surface area (Å²) in [5, 5.41) is 14.9. The SMILES string of the molecule is CN1C(=O)CCC1c1cccnc1.CNCCOCCOCCC(=O)NC1CCC(C(=O)NCCNC(=O)c2ccc(-c3cc(Cl)cc(Cl)c3Cl)c(N)n2)CC1.O=CCCNC=O. The van der Waals surface area contributed by atoms with Crippen LogP contribution in [0.1, 0.15) is 73.5 Å². The second-order valence-corrected chi connectivity index (χ2v) is 15.7. The minimum absolute atomic E-state index is 0.0525. The normalized spacial score (nSPS) is 16.7. The minimum atomic E-state index is -0.428. The van der Waals surface area contributed by atoms with Gasteiger partial charge in [-0.05, 0) is 75.0 Å². The number of rotatable bonds is 21. The average molecular weight is 935 g/mol. The average Bonchev–Trinajstić information content (AvgIpc) is 3.62. The van der Waals surface area contributed by atoms with Gasteiger partial charge in [-0.15, -0.1) is 0 Å². The predicted octanol–water partition coefficient (Wildman–Crippen LogP) is 4.15. The van der Waals surface area contributed by atoms with Crippen molar-refractivity contribution in [3.8, 4) is 11.1 Å². The van der Waals surface area contributed by atoms with E-state index in [0.29, 0.717) is 87.6 Å². The number of likely N-dealkylation sites (tertiary alicyclic amines) is 1. The molecule has 5 rings (SSSR count). The number of halogens is 3. The Labute approximate surface area is 383 Å². The van der Waals surface area contributed by atoms with Crippen LogP contribution in [0.5, 0.6) is 0 Å². The number of likely N-dealkylation sites (N-methyl/N-ethyl adjacent to an activating group) is 1. The number of hydrogen-bond acceptors (Lipinski definition) is 12. The molecule has 63 heavy (non-hydrogen) atoms. The van der Waals surface area contributed by atoms with Crippen molar-refractivity contribution in [2.75, 3.05) is 72.4 Å². The van der Waals surface area contributed by atoms with Gasteiger partial charge in [0.25, 0.3) is 5.91 Å². The number of aromatic nitrogens is 2. The highest BCUT2D eigenvalue weighted by Crippen LogP contribution is 2.38. The number of carbonyl (C=O) groups is 6. The first-order chi connectivity index (χ1) is 30.4. The Kier molecular flexibility index (Phi) is 24.5. The largest absolute Gasteiger partial charge is 0.383 e. The number of nitrogens with zero attached hydrogens (tertiary/aromatic N) is 3. The second kappa shape index (κ2) is 29.5. The van der Waals surface area contributed by atoms with Crippen molar-refractivity contribution in [1.82, 2.24) is 41.5 Å². The van der Waals surface area contributed by atoms with Crippen LogP contribution in [0, 0.1) is 5.92 Å². The Morgan fingerprint density at radius 2 is 1.63 bits per heavy atom. The van der Waals surface area contributed by atoms with E-state index in [9.17, 15) is 28.8 Å². The summed E-state index contributed by atoms with van der Waals surface area (Å²) in [5.41, 5.74) is 8.36. The van der Waals surface area contributed by atoms with Gasteiger partial charge in [-0.25, -0.2) is 4.98 Å². The molecular weight excluding hydrogens is 877 g/mol. The second-order valence-electron chi connectivity index (χ2n) is 14.5.